The number of fused-ring (bicyclic) bond motifs is 2. The fourth-order valence-electron chi connectivity index (χ4n) is 3.95. The lowest BCUT2D eigenvalue weighted by atomic mass is 9.66. The van der Waals surface area contributed by atoms with Crippen LogP contribution in [0.25, 0.3) is 0 Å². The molecule has 29 heavy (non-hydrogen) atoms. The van der Waals surface area contributed by atoms with Crippen molar-refractivity contribution in [3.05, 3.63) is 34.9 Å². The van der Waals surface area contributed by atoms with Gasteiger partial charge in [0.1, 0.15) is 5.60 Å². The molecule has 2 aliphatic heterocycles. The number of alkyl carbamates (subject to hydrolysis) is 1. The molecule has 2 bridgehead atoms. The van der Waals surface area contributed by atoms with Crippen LogP contribution in [0.15, 0.2) is 24.3 Å². The molecule has 0 spiro atoms. The second kappa shape index (κ2) is 7.72. The maximum absolute atomic E-state index is 14.7. The molecule has 3 aliphatic rings. The van der Waals surface area contributed by atoms with Crippen LogP contribution < -0.4 is 11.1 Å². The van der Waals surface area contributed by atoms with Gasteiger partial charge in [-0.05, 0) is 51.2 Å². The first-order chi connectivity index (χ1) is 13.4. The van der Waals surface area contributed by atoms with Crippen LogP contribution in [0.2, 0.25) is 5.02 Å². The van der Waals surface area contributed by atoms with E-state index in [0.29, 0.717) is 5.02 Å². The molecule has 3 N–H and O–H groups in total. The molecule has 4 rings (SSSR count). The van der Waals surface area contributed by atoms with Crippen molar-refractivity contribution in [2.45, 2.75) is 50.8 Å². The summed E-state index contributed by atoms with van der Waals surface area (Å²) in [5, 5.41) is 3.16. The number of benzene rings is 1. The minimum Gasteiger partial charge on any atom is -0.444 e. The molecule has 160 valence electrons. The first kappa shape index (κ1) is 21.8. The molecule has 1 aliphatic carbocycles. The Bertz CT molecular complexity index is 770. The summed E-state index contributed by atoms with van der Waals surface area (Å²) in [4.78, 5) is 26.0. The summed E-state index contributed by atoms with van der Waals surface area (Å²) in [5.74, 6) is -4.31. The number of carbonyl (C=O) groups excluding carboxylic acids is 2. The fraction of sp³-hybridized carbons (Fsp3) is 0.600. The third kappa shape index (κ3) is 4.64. The Hall–Kier alpha value is -1.93. The van der Waals surface area contributed by atoms with Crippen molar-refractivity contribution in [3.8, 4) is 0 Å². The molecule has 2 saturated heterocycles. The Balaban J connectivity index is 1.60. The van der Waals surface area contributed by atoms with E-state index in [9.17, 15) is 18.4 Å². The Labute approximate surface area is 173 Å². The zero-order valence-electron chi connectivity index (χ0n) is 16.6. The Morgan fingerprint density at radius 2 is 1.76 bits per heavy atom. The highest BCUT2D eigenvalue weighted by molar-refractivity contribution is 6.30. The van der Waals surface area contributed by atoms with Gasteiger partial charge in [-0.3, -0.25) is 4.79 Å². The molecule has 6 nitrogen and oxygen atoms in total. The van der Waals surface area contributed by atoms with E-state index in [-0.39, 0.29) is 36.5 Å². The van der Waals surface area contributed by atoms with E-state index in [1.807, 2.05) is 0 Å². The lowest BCUT2D eigenvalue weighted by Crippen LogP contribution is -2.67. The standard InChI is InChI=1S/C20H26ClF2N3O3/c1-19(2,3)29-18(28)25-15-11-8-12(15)10-26(9-11)17(27)16(24)20(22,23)13-4-6-14(21)7-5-13/h4-7,11-12,15-16H,8-10,24H2,1-3H3,(H,25,28). The lowest BCUT2D eigenvalue weighted by Gasteiger charge is -2.53. The van der Waals surface area contributed by atoms with Gasteiger partial charge in [0, 0.05) is 29.7 Å². The molecule has 3 unspecified atom stereocenters. The SMILES string of the molecule is CC(C)(C)OC(=O)NC1C2CC1CN(C(=O)C(N)C(F)(F)c1ccc(Cl)cc1)C2. The van der Waals surface area contributed by atoms with E-state index in [4.69, 9.17) is 22.1 Å². The van der Waals surface area contributed by atoms with Gasteiger partial charge in [0.15, 0.2) is 6.04 Å². The summed E-state index contributed by atoms with van der Waals surface area (Å²) in [6.45, 7) is 5.88. The lowest BCUT2D eigenvalue weighted by molar-refractivity contribution is -0.151. The monoisotopic (exact) mass is 429 g/mol. The number of nitrogens with one attached hydrogen (secondary N) is 1. The third-order valence-corrected chi connectivity index (χ3v) is 5.66. The summed E-state index contributed by atoms with van der Waals surface area (Å²) in [7, 11) is 0. The summed E-state index contributed by atoms with van der Waals surface area (Å²) in [6.07, 6.45) is 0.315. The van der Waals surface area contributed by atoms with Crippen LogP contribution in [0.5, 0.6) is 0 Å². The summed E-state index contributed by atoms with van der Waals surface area (Å²) in [5.41, 5.74) is 4.72. The summed E-state index contributed by atoms with van der Waals surface area (Å²) in [6, 6.07) is 2.91. The van der Waals surface area contributed by atoms with Crippen molar-refractivity contribution in [1.82, 2.24) is 10.2 Å². The van der Waals surface area contributed by atoms with Crippen molar-refractivity contribution in [1.29, 1.82) is 0 Å². The summed E-state index contributed by atoms with van der Waals surface area (Å²) >= 11 is 5.74. The quantitative estimate of drug-likeness (QED) is 0.770. The second-order valence-electron chi connectivity index (χ2n) is 8.78. The molecule has 0 radical (unpaired) electrons. The highest BCUT2D eigenvalue weighted by atomic mass is 35.5. The van der Waals surface area contributed by atoms with Crippen LogP contribution in [0.4, 0.5) is 13.6 Å². The number of piperidine rings is 2. The maximum Gasteiger partial charge on any atom is 0.407 e. The van der Waals surface area contributed by atoms with Crippen LogP contribution in [0.3, 0.4) is 0 Å². The van der Waals surface area contributed by atoms with Crippen LogP contribution >= 0.6 is 11.6 Å². The molecular weight excluding hydrogens is 404 g/mol. The van der Waals surface area contributed by atoms with Gasteiger partial charge in [0.05, 0.1) is 0 Å². The number of halogens is 3. The van der Waals surface area contributed by atoms with E-state index < -0.39 is 29.6 Å². The van der Waals surface area contributed by atoms with Gasteiger partial charge in [0.25, 0.3) is 5.92 Å². The maximum atomic E-state index is 14.7. The van der Waals surface area contributed by atoms with Crippen LogP contribution in [0.1, 0.15) is 32.8 Å². The molecule has 1 saturated carbocycles. The number of ether oxygens (including phenoxy) is 1. The fourth-order valence-corrected chi connectivity index (χ4v) is 4.08. The Kier molecular flexibility index (Phi) is 5.80. The van der Waals surface area contributed by atoms with Gasteiger partial charge in [-0.15, -0.1) is 0 Å². The van der Waals surface area contributed by atoms with Crippen molar-refractivity contribution in [2.75, 3.05) is 13.1 Å². The third-order valence-electron chi connectivity index (χ3n) is 5.41. The van der Waals surface area contributed by atoms with E-state index in [1.165, 1.54) is 29.2 Å². The first-order valence-corrected chi connectivity index (χ1v) is 9.94. The molecule has 2 heterocycles. The molecule has 3 fully saturated rings. The number of alkyl halides is 2. The number of rotatable bonds is 4. The zero-order valence-corrected chi connectivity index (χ0v) is 17.4. The molecule has 9 heteroatoms. The van der Waals surface area contributed by atoms with Gasteiger partial charge < -0.3 is 20.7 Å². The Morgan fingerprint density at radius 3 is 2.28 bits per heavy atom. The van der Waals surface area contributed by atoms with Gasteiger partial charge in [-0.25, -0.2) is 4.79 Å². The van der Waals surface area contributed by atoms with Gasteiger partial charge in [-0.2, -0.15) is 8.78 Å². The number of nitrogens with two attached hydrogens (primary N) is 1. The van der Waals surface area contributed by atoms with Crippen LogP contribution in [-0.2, 0) is 15.5 Å². The number of hydrogen-bond acceptors (Lipinski definition) is 4. The van der Waals surface area contributed by atoms with Crippen molar-refractivity contribution in [2.24, 2.45) is 17.6 Å². The number of hydrogen-bond donors (Lipinski definition) is 2. The number of amides is 2. The highest BCUT2D eigenvalue weighted by Gasteiger charge is 2.52. The van der Waals surface area contributed by atoms with Gasteiger partial charge in [0.2, 0.25) is 5.91 Å². The zero-order chi connectivity index (χ0) is 21.6. The molecule has 0 aromatic heterocycles. The molecule has 2 amide bonds. The van der Waals surface area contributed by atoms with Crippen molar-refractivity contribution in [3.63, 3.8) is 0 Å². The van der Waals surface area contributed by atoms with Gasteiger partial charge >= 0.3 is 6.09 Å². The molecule has 1 aromatic carbocycles. The molecular formula is C20H26ClF2N3O3. The molecule has 1 aromatic rings. The van der Waals surface area contributed by atoms with E-state index in [0.717, 1.165) is 6.42 Å². The molecule has 3 atom stereocenters. The normalized spacial score (nSPS) is 25.1. The topological polar surface area (TPSA) is 84.7 Å². The van der Waals surface area contributed by atoms with Crippen molar-refractivity contribution >= 4 is 23.6 Å². The number of nitrogens with zero attached hydrogens (tertiary/aromatic N) is 1. The van der Waals surface area contributed by atoms with Crippen molar-refractivity contribution < 1.29 is 23.1 Å². The predicted molar refractivity (Wildman–Crippen MR) is 105 cm³/mol. The smallest absolute Gasteiger partial charge is 0.407 e. The van der Waals surface area contributed by atoms with Crippen LogP contribution in [0, 0.1) is 11.8 Å². The second-order valence-corrected chi connectivity index (χ2v) is 9.22. The first-order valence-electron chi connectivity index (χ1n) is 9.56. The largest absolute Gasteiger partial charge is 0.444 e. The van der Waals surface area contributed by atoms with E-state index in [2.05, 4.69) is 5.32 Å². The number of carbonyl (C=O) groups is 2. The average molecular weight is 430 g/mol. The minimum atomic E-state index is -3.52. The van der Waals surface area contributed by atoms with Gasteiger partial charge in [-0.1, -0.05) is 23.7 Å². The highest BCUT2D eigenvalue weighted by Crippen LogP contribution is 2.41. The Morgan fingerprint density at radius 1 is 1.21 bits per heavy atom. The predicted octanol–water partition coefficient (Wildman–Crippen LogP) is 3.13. The van der Waals surface area contributed by atoms with E-state index >= 15 is 0 Å². The van der Waals surface area contributed by atoms with Crippen LogP contribution in [-0.4, -0.2) is 47.7 Å². The average Bonchev–Trinajstić information content (AvgIpc) is 2.64. The van der Waals surface area contributed by atoms with E-state index in [1.54, 1.807) is 20.8 Å². The minimum absolute atomic E-state index is 0.00146. The summed E-state index contributed by atoms with van der Waals surface area (Å²) < 4.78 is 34.7.